The summed E-state index contributed by atoms with van der Waals surface area (Å²) in [6.45, 7) is 3.47. The normalized spacial score (nSPS) is 22.0. The van der Waals surface area contributed by atoms with Gasteiger partial charge in [-0.1, -0.05) is 6.92 Å². The third-order valence-corrected chi connectivity index (χ3v) is 6.76. The van der Waals surface area contributed by atoms with Crippen LogP contribution in [0.15, 0.2) is 40.3 Å². The Labute approximate surface area is 208 Å². The van der Waals surface area contributed by atoms with Crippen LogP contribution >= 0.6 is 0 Å². The van der Waals surface area contributed by atoms with Crippen LogP contribution in [-0.4, -0.2) is 59.0 Å². The number of pyridine rings is 1. The van der Waals surface area contributed by atoms with Crippen molar-refractivity contribution < 1.29 is 22.8 Å². The van der Waals surface area contributed by atoms with Gasteiger partial charge in [-0.3, -0.25) is 9.59 Å². The number of aliphatic imine (C=N–C) groups is 1. The van der Waals surface area contributed by atoms with Gasteiger partial charge < -0.3 is 20.9 Å². The zero-order valence-corrected chi connectivity index (χ0v) is 20.6. The number of carbonyl (C=O) groups excluding carboxylic acids is 2. The minimum absolute atomic E-state index is 0.0357. The van der Waals surface area contributed by atoms with E-state index in [1.54, 1.807) is 18.3 Å². The summed E-state index contributed by atoms with van der Waals surface area (Å²) in [7, 11) is 1.80. The molecule has 0 saturated heterocycles. The van der Waals surface area contributed by atoms with Crippen LogP contribution < -0.4 is 16.0 Å². The number of nitrogens with one attached hydrogen (secondary N) is 3. The van der Waals surface area contributed by atoms with Gasteiger partial charge in [0.05, 0.1) is 11.9 Å². The largest absolute Gasteiger partial charge is 0.367 e. The first-order valence-corrected chi connectivity index (χ1v) is 12.2. The van der Waals surface area contributed by atoms with E-state index in [9.17, 15) is 22.8 Å². The highest BCUT2D eigenvalue weighted by Gasteiger charge is 2.37. The van der Waals surface area contributed by atoms with E-state index in [2.05, 4.69) is 25.9 Å². The van der Waals surface area contributed by atoms with E-state index in [-0.39, 0.29) is 66.7 Å². The molecule has 2 atom stereocenters. The highest BCUT2D eigenvalue weighted by molar-refractivity contribution is 6.12. The first-order chi connectivity index (χ1) is 17.1. The van der Waals surface area contributed by atoms with Crippen molar-refractivity contribution in [2.45, 2.75) is 76.5 Å². The van der Waals surface area contributed by atoms with Crippen LogP contribution in [0.4, 0.5) is 19.0 Å². The molecule has 0 aromatic carbocycles. The van der Waals surface area contributed by atoms with E-state index in [0.717, 1.165) is 0 Å². The van der Waals surface area contributed by atoms with Crippen molar-refractivity contribution in [3.05, 3.63) is 46.8 Å². The maximum atomic E-state index is 15.0. The van der Waals surface area contributed by atoms with Crippen LogP contribution in [0.1, 0.15) is 62.7 Å². The highest BCUT2D eigenvalue weighted by atomic mass is 19.3. The molecule has 1 aromatic heterocycles. The number of halogens is 3. The van der Waals surface area contributed by atoms with Crippen molar-refractivity contribution in [1.29, 1.82) is 0 Å². The summed E-state index contributed by atoms with van der Waals surface area (Å²) in [6, 6.07) is 2.46. The number of Topliss-reactive ketones (excluding diaryl/α,β-unsaturated/α-hetero) is 2. The SMILES string of the molecule is CCC(CC(C)=O)NC1=C2C(C(=O)c3ccc(NC4CCC(F)(F)CC4)nc3F)=CNC2N(C)C=N1. The van der Waals surface area contributed by atoms with Gasteiger partial charge in [0.1, 0.15) is 23.6 Å². The number of aromatic nitrogens is 1. The van der Waals surface area contributed by atoms with E-state index in [1.807, 2.05) is 6.92 Å². The van der Waals surface area contributed by atoms with Crippen molar-refractivity contribution in [1.82, 2.24) is 20.5 Å². The fourth-order valence-electron chi connectivity index (χ4n) is 4.70. The summed E-state index contributed by atoms with van der Waals surface area (Å²) >= 11 is 0. The third-order valence-electron chi connectivity index (χ3n) is 6.76. The number of carbonyl (C=O) groups is 2. The Hall–Kier alpha value is -3.37. The zero-order valence-electron chi connectivity index (χ0n) is 20.6. The number of likely N-dealkylation sites (N-methyl/N-ethyl adjacent to an activating group) is 1. The molecule has 0 radical (unpaired) electrons. The van der Waals surface area contributed by atoms with Crippen LogP contribution in [-0.2, 0) is 4.79 Å². The minimum atomic E-state index is -2.66. The topological polar surface area (TPSA) is 98.7 Å². The van der Waals surface area contributed by atoms with Crippen molar-refractivity contribution >= 4 is 23.7 Å². The lowest BCUT2D eigenvalue weighted by Gasteiger charge is -2.31. The molecule has 1 aromatic rings. The van der Waals surface area contributed by atoms with Gasteiger partial charge in [0.2, 0.25) is 11.9 Å². The van der Waals surface area contributed by atoms with Crippen molar-refractivity contribution in [2.75, 3.05) is 12.4 Å². The lowest BCUT2D eigenvalue weighted by molar-refractivity contribution is -0.117. The van der Waals surface area contributed by atoms with Gasteiger partial charge in [0.15, 0.2) is 5.78 Å². The van der Waals surface area contributed by atoms with Gasteiger partial charge >= 0.3 is 0 Å². The molecule has 8 nitrogen and oxygen atoms in total. The monoisotopic (exact) mass is 504 g/mol. The number of fused-ring (bicyclic) bond motifs is 1. The molecular weight excluding hydrogens is 473 g/mol. The van der Waals surface area contributed by atoms with Crippen molar-refractivity contribution in [3.8, 4) is 0 Å². The maximum Gasteiger partial charge on any atom is 0.248 e. The van der Waals surface area contributed by atoms with Crippen LogP contribution in [0.2, 0.25) is 0 Å². The summed E-state index contributed by atoms with van der Waals surface area (Å²) in [6.07, 6.45) is 3.85. The molecule has 0 spiro atoms. The van der Waals surface area contributed by atoms with Crippen LogP contribution in [0.25, 0.3) is 0 Å². The van der Waals surface area contributed by atoms with Gasteiger partial charge in [-0.05, 0) is 38.3 Å². The predicted octanol–water partition coefficient (Wildman–Crippen LogP) is 3.74. The van der Waals surface area contributed by atoms with E-state index >= 15 is 0 Å². The van der Waals surface area contributed by atoms with Crippen molar-refractivity contribution in [2.24, 2.45) is 4.99 Å². The summed E-state index contributed by atoms with van der Waals surface area (Å²) < 4.78 is 41.8. The first kappa shape index (κ1) is 25.7. The molecular formula is C25H31F3N6O2. The molecule has 1 saturated carbocycles. The summed E-state index contributed by atoms with van der Waals surface area (Å²) in [5.41, 5.74) is 0.612. The van der Waals surface area contributed by atoms with E-state index in [4.69, 9.17) is 0 Å². The average molecular weight is 505 g/mol. The van der Waals surface area contributed by atoms with E-state index < -0.39 is 17.7 Å². The number of anilines is 1. The summed E-state index contributed by atoms with van der Waals surface area (Å²) in [5.74, 6) is -3.46. The average Bonchev–Trinajstić information content (AvgIpc) is 3.27. The second-order valence-electron chi connectivity index (χ2n) is 9.59. The molecule has 2 unspecified atom stereocenters. The van der Waals surface area contributed by atoms with E-state index in [0.29, 0.717) is 24.2 Å². The maximum absolute atomic E-state index is 15.0. The van der Waals surface area contributed by atoms with Crippen LogP contribution in [0, 0.1) is 5.95 Å². The second kappa shape index (κ2) is 10.3. The standard InChI is InChI=1S/C25H31F3N6O2/c1-4-15(11-14(2)35)32-23-20-18(12-29-24(20)34(3)13-30-23)21(36)17-5-6-19(33-22(17)26)31-16-7-9-25(27,28)10-8-16/h5-6,12-13,15-16,24,29,32H,4,7-11H2,1-3H3,(H,31,33). The Morgan fingerprint density at radius 3 is 2.64 bits per heavy atom. The van der Waals surface area contributed by atoms with Gasteiger partial charge in [-0.15, -0.1) is 0 Å². The van der Waals surface area contributed by atoms with Crippen LogP contribution in [0.5, 0.6) is 0 Å². The van der Waals surface area contributed by atoms with Gasteiger partial charge in [0.25, 0.3) is 0 Å². The molecule has 3 N–H and O–H groups in total. The van der Waals surface area contributed by atoms with Gasteiger partial charge in [0, 0.05) is 55.7 Å². The highest BCUT2D eigenvalue weighted by Crippen LogP contribution is 2.34. The third kappa shape index (κ3) is 5.55. The molecule has 11 heteroatoms. The number of rotatable bonds is 9. The molecule has 0 bridgehead atoms. The molecule has 194 valence electrons. The molecule has 2 aliphatic heterocycles. The molecule has 3 aliphatic rings. The van der Waals surface area contributed by atoms with Crippen LogP contribution in [0.3, 0.4) is 0 Å². The number of hydrogen-bond acceptors (Lipinski definition) is 8. The predicted molar refractivity (Wildman–Crippen MR) is 130 cm³/mol. The summed E-state index contributed by atoms with van der Waals surface area (Å²) in [4.78, 5) is 35.2. The number of hydrogen-bond donors (Lipinski definition) is 3. The quantitative estimate of drug-likeness (QED) is 0.348. The van der Waals surface area contributed by atoms with E-state index in [1.165, 1.54) is 25.3 Å². The molecule has 1 aliphatic carbocycles. The molecule has 0 amide bonds. The molecule has 36 heavy (non-hydrogen) atoms. The number of ketones is 2. The second-order valence-corrected chi connectivity index (χ2v) is 9.59. The summed E-state index contributed by atoms with van der Waals surface area (Å²) in [5, 5.41) is 9.40. The Morgan fingerprint density at radius 1 is 1.28 bits per heavy atom. The Bertz CT molecular complexity index is 1120. The Morgan fingerprint density at radius 2 is 2.00 bits per heavy atom. The van der Waals surface area contributed by atoms with Crippen molar-refractivity contribution in [3.63, 3.8) is 0 Å². The molecule has 1 fully saturated rings. The minimum Gasteiger partial charge on any atom is -0.367 e. The zero-order chi connectivity index (χ0) is 26.0. The number of alkyl halides is 2. The fraction of sp³-hybridized carbons (Fsp3) is 0.520. The first-order valence-electron chi connectivity index (χ1n) is 12.2. The lowest BCUT2D eigenvalue weighted by Crippen LogP contribution is -2.44. The molecule has 4 rings (SSSR count). The smallest absolute Gasteiger partial charge is 0.248 e. The Balaban J connectivity index is 1.54. The van der Waals surface area contributed by atoms with Gasteiger partial charge in [-0.25, -0.2) is 18.8 Å². The molecule has 3 heterocycles. The number of nitrogens with zero attached hydrogens (tertiary/aromatic N) is 3. The van der Waals surface area contributed by atoms with Gasteiger partial charge in [-0.2, -0.15) is 4.39 Å². The lowest BCUT2D eigenvalue weighted by atomic mass is 9.92. The fourth-order valence-corrected chi connectivity index (χ4v) is 4.70. The Kier molecular flexibility index (Phi) is 7.37.